The quantitative estimate of drug-likeness (QED) is 0.732. The molecule has 0 aliphatic heterocycles. The van der Waals surface area contributed by atoms with Crippen molar-refractivity contribution < 1.29 is 14.7 Å². The van der Waals surface area contributed by atoms with E-state index in [0.29, 0.717) is 11.0 Å². The Morgan fingerprint density at radius 2 is 2.19 bits per heavy atom. The average molecular weight is 220 g/mol. The molecule has 16 heavy (non-hydrogen) atoms. The highest BCUT2D eigenvalue weighted by molar-refractivity contribution is 5.92. The summed E-state index contributed by atoms with van der Waals surface area (Å²) >= 11 is 0. The third-order valence-corrected chi connectivity index (χ3v) is 2.07. The topological polar surface area (TPSA) is 111 Å². The van der Waals surface area contributed by atoms with E-state index in [4.69, 9.17) is 10.8 Å². The van der Waals surface area contributed by atoms with E-state index in [9.17, 15) is 9.59 Å². The van der Waals surface area contributed by atoms with Crippen LogP contribution in [0.25, 0.3) is 11.0 Å². The van der Waals surface area contributed by atoms with E-state index in [2.05, 4.69) is 10.3 Å². The van der Waals surface area contributed by atoms with E-state index in [0.717, 1.165) is 0 Å². The van der Waals surface area contributed by atoms with Crippen molar-refractivity contribution in [3.05, 3.63) is 23.8 Å². The van der Waals surface area contributed by atoms with Gasteiger partial charge in [-0.2, -0.15) is 0 Å². The maximum atomic E-state index is 10.8. The molecule has 82 valence electrons. The number of primary amides is 1. The van der Waals surface area contributed by atoms with Crippen LogP contribution in [0.1, 0.15) is 10.4 Å². The molecule has 2 aromatic rings. The first-order valence-corrected chi connectivity index (χ1v) is 4.43. The molecule has 0 atom stereocenters. The van der Waals surface area contributed by atoms with Gasteiger partial charge in [-0.25, -0.2) is 9.48 Å². The molecule has 1 aromatic heterocycles. The minimum absolute atomic E-state index is 0.112. The van der Waals surface area contributed by atoms with Crippen molar-refractivity contribution in [2.24, 2.45) is 5.73 Å². The van der Waals surface area contributed by atoms with Crippen molar-refractivity contribution in [3.63, 3.8) is 0 Å². The van der Waals surface area contributed by atoms with Crippen LogP contribution in [0.4, 0.5) is 0 Å². The number of aromatic carboxylic acids is 1. The van der Waals surface area contributed by atoms with Crippen molar-refractivity contribution in [2.45, 2.75) is 6.54 Å². The van der Waals surface area contributed by atoms with E-state index in [1.807, 2.05) is 0 Å². The summed E-state index contributed by atoms with van der Waals surface area (Å²) in [7, 11) is 0. The lowest BCUT2D eigenvalue weighted by Gasteiger charge is -1.98. The number of carboxylic acids is 1. The van der Waals surface area contributed by atoms with Gasteiger partial charge in [-0.3, -0.25) is 4.79 Å². The van der Waals surface area contributed by atoms with E-state index in [-0.39, 0.29) is 12.1 Å². The van der Waals surface area contributed by atoms with Crippen LogP contribution in [0.2, 0.25) is 0 Å². The zero-order valence-corrected chi connectivity index (χ0v) is 8.12. The van der Waals surface area contributed by atoms with Crippen molar-refractivity contribution in [1.82, 2.24) is 15.0 Å². The summed E-state index contributed by atoms with van der Waals surface area (Å²) in [6.45, 7) is -0.125. The molecule has 0 fully saturated rings. The highest BCUT2D eigenvalue weighted by Crippen LogP contribution is 2.13. The predicted molar refractivity (Wildman–Crippen MR) is 53.7 cm³/mol. The van der Waals surface area contributed by atoms with Crippen molar-refractivity contribution in [3.8, 4) is 0 Å². The first kappa shape index (κ1) is 10.1. The monoisotopic (exact) mass is 220 g/mol. The van der Waals surface area contributed by atoms with Gasteiger partial charge in [-0.05, 0) is 18.2 Å². The molecule has 0 saturated heterocycles. The highest BCUT2D eigenvalue weighted by atomic mass is 16.4. The SMILES string of the molecule is NC(=O)Cn1nnc2ccc(C(=O)O)cc21. The number of carbonyl (C=O) groups excluding carboxylic acids is 1. The molecule has 0 saturated carbocycles. The maximum absolute atomic E-state index is 10.8. The van der Waals surface area contributed by atoms with Crippen LogP contribution in [0.15, 0.2) is 18.2 Å². The number of benzene rings is 1. The van der Waals surface area contributed by atoms with Crippen LogP contribution in [0.3, 0.4) is 0 Å². The number of carbonyl (C=O) groups is 2. The number of fused-ring (bicyclic) bond motifs is 1. The van der Waals surface area contributed by atoms with Gasteiger partial charge in [0.05, 0.1) is 11.1 Å². The molecule has 1 aromatic carbocycles. The van der Waals surface area contributed by atoms with Crippen LogP contribution < -0.4 is 5.73 Å². The summed E-state index contributed by atoms with van der Waals surface area (Å²) in [4.78, 5) is 21.5. The van der Waals surface area contributed by atoms with E-state index >= 15 is 0 Å². The van der Waals surface area contributed by atoms with Crippen LogP contribution in [-0.2, 0) is 11.3 Å². The zero-order chi connectivity index (χ0) is 11.7. The van der Waals surface area contributed by atoms with Gasteiger partial charge in [0, 0.05) is 0 Å². The Bertz CT molecular complexity index is 575. The van der Waals surface area contributed by atoms with Gasteiger partial charge < -0.3 is 10.8 Å². The largest absolute Gasteiger partial charge is 0.478 e. The van der Waals surface area contributed by atoms with E-state index in [1.54, 1.807) is 0 Å². The fourth-order valence-corrected chi connectivity index (χ4v) is 1.36. The van der Waals surface area contributed by atoms with Crippen LogP contribution in [-0.4, -0.2) is 32.0 Å². The van der Waals surface area contributed by atoms with Gasteiger partial charge in [-0.15, -0.1) is 5.10 Å². The molecular weight excluding hydrogens is 212 g/mol. The number of nitrogens with two attached hydrogens (primary N) is 1. The molecule has 0 aliphatic rings. The Labute approximate surface area is 89.5 Å². The van der Waals surface area contributed by atoms with Gasteiger partial charge >= 0.3 is 5.97 Å². The molecule has 0 unspecified atom stereocenters. The molecule has 0 aliphatic carbocycles. The van der Waals surface area contributed by atoms with Crippen LogP contribution >= 0.6 is 0 Å². The number of aromatic nitrogens is 3. The van der Waals surface area contributed by atoms with Crippen molar-refractivity contribution >= 4 is 22.9 Å². The Morgan fingerprint density at radius 3 is 2.81 bits per heavy atom. The third-order valence-electron chi connectivity index (χ3n) is 2.07. The summed E-state index contributed by atoms with van der Waals surface area (Å²) in [6, 6.07) is 4.36. The van der Waals surface area contributed by atoms with Crippen LogP contribution in [0.5, 0.6) is 0 Å². The third kappa shape index (κ3) is 1.70. The minimum Gasteiger partial charge on any atom is -0.478 e. The lowest BCUT2D eigenvalue weighted by atomic mass is 10.2. The molecule has 1 heterocycles. The second-order valence-electron chi connectivity index (χ2n) is 3.22. The number of carboxylic acid groups (broad SMARTS) is 1. The Morgan fingerprint density at radius 1 is 1.44 bits per heavy atom. The highest BCUT2D eigenvalue weighted by Gasteiger charge is 2.10. The summed E-state index contributed by atoms with van der Waals surface area (Å²) in [5, 5.41) is 16.3. The van der Waals surface area contributed by atoms with Crippen molar-refractivity contribution in [1.29, 1.82) is 0 Å². The predicted octanol–water partition coefficient (Wildman–Crippen LogP) is -0.385. The summed E-state index contributed by atoms with van der Waals surface area (Å²) < 4.78 is 1.27. The molecule has 1 amide bonds. The standard InChI is InChI=1S/C9H8N4O3/c10-8(14)4-13-7-3-5(9(15)16)1-2-6(7)11-12-13/h1-3H,4H2,(H2,10,14)(H,15,16). The molecule has 0 bridgehead atoms. The van der Waals surface area contributed by atoms with Gasteiger partial charge in [0.15, 0.2) is 0 Å². The molecule has 0 radical (unpaired) electrons. The van der Waals surface area contributed by atoms with Crippen LogP contribution in [0, 0.1) is 0 Å². The Hall–Kier alpha value is -2.44. The Balaban J connectivity index is 2.55. The molecule has 7 nitrogen and oxygen atoms in total. The van der Waals surface area contributed by atoms with Gasteiger partial charge in [-0.1, -0.05) is 5.21 Å². The second kappa shape index (κ2) is 3.61. The first-order valence-electron chi connectivity index (χ1n) is 4.43. The smallest absolute Gasteiger partial charge is 0.335 e. The summed E-state index contributed by atoms with van der Waals surface area (Å²) in [5.74, 6) is -1.61. The minimum atomic E-state index is -1.05. The normalized spacial score (nSPS) is 10.5. The Kier molecular flexibility index (Phi) is 2.28. The zero-order valence-electron chi connectivity index (χ0n) is 8.12. The molecule has 0 spiro atoms. The summed E-state index contributed by atoms with van der Waals surface area (Å²) in [6.07, 6.45) is 0. The average Bonchev–Trinajstić information content (AvgIpc) is 2.60. The van der Waals surface area contributed by atoms with Crippen molar-refractivity contribution in [2.75, 3.05) is 0 Å². The number of hydrogen-bond donors (Lipinski definition) is 2. The molecule has 3 N–H and O–H groups in total. The van der Waals surface area contributed by atoms with Gasteiger partial charge in [0.25, 0.3) is 0 Å². The number of hydrogen-bond acceptors (Lipinski definition) is 4. The second-order valence-corrected chi connectivity index (χ2v) is 3.22. The fraction of sp³-hybridized carbons (Fsp3) is 0.111. The maximum Gasteiger partial charge on any atom is 0.335 e. The molecule has 2 rings (SSSR count). The van der Waals surface area contributed by atoms with Gasteiger partial charge in [0.1, 0.15) is 12.1 Å². The lowest BCUT2D eigenvalue weighted by molar-refractivity contribution is -0.118. The number of rotatable bonds is 3. The van der Waals surface area contributed by atoms with E-state index in [1.165, 1.54) is 22.9 Å². The number of nitrogens with zero attached hydrogens (tertiary/aromatic N) is 3. The van der Waals surface area contributed by atoms with E-state index < -0.39 is 11.9 Å². The molecular formula is C9H8N4O3. The lowest BCUT2D eigenvalue weighted by Crippen LogP contribution is -2.19. The summed E-state index contributed by atoms with van der Waals surface area (Å²) in [5.41, 5.74) is 6.13. The fourth-order valence-electron chi connectivity index (χ4n) is 1.36. The first-order chi connectivity index (χ1) is 7.58. The number of amides is 1. The molecule has 7 heteroatoms. The van der Waals surface area contributed by atoms with Gasteiger partial charge in [0.2, 0.25) is 5.91 Å².